The number of carbonyl (C=O) groups excluding carboxylic acids is 2. The minimum atomic E-state index is -2.61. The molecule has 0 saturated heterocycles. The second kappa shape index (κ2) is 7.38. The van der Waals surface area contributed by atoms with Crippen molar-refractivity contribution >= 4 is 11.9 Å². The molecule has 0 aromatic carbocycles. The van der Waals surface area contributed by atoms with Crippen molar-refractivity contribution in [3.05, 3.63) is 24.3 Å². The number of hydrogen-bond donors (Lipinski definition) is 2. The first kappa shape index (κ1) is 19.3. The maximum Gasteiger partial charge on any atom is 0.381 e. The maximum absolute atomic E-state index is 11.7. The van der Waals surface area contributed by atoms with Crippen molar-refractivity contribution in [2.24, 2.45) is 5.41 Å². The van der Waals surface area contributed by atoms with E-state index in [-0.39, 0.29) is 17.6 Å². The van der Waals surface area contributed by atoms with Gasteiger partial charge < -0.3 is 19.7 Å². The van der Waals surface area contributed by atoms with Gasteiger partial charge in [-0.2, -0.15) is 0 Å². The summed E-state index contributed by atoms with van der Waals surface area (Å²) in [5, 5.41) is 20.1. The molecule has 0 aliphatic heterocycles. The molecule has 0 spiro atoms. The molecule has 0 radical (unpaired) electrons. The lowest BCUT2D eigenvalue weighted by Crippen LogP contribution is -2.55. The van der Waals surface area contributed by atoms with Gasteiger partial charge >= 0.3 is 17.9 Å². The standard InChI is InChI=1S/C15H24O6/c1-7-8-14(6,9-16)15(19,20-12(17)10(2)3)21-13(18)11(4)5/h16,19H,2,4,7-9H2,1,3,5-6H3. The summed E-state index contributed by atoms with van der Waals surface area (Å²) < 4.78 is 9.80. The number of aliphatic hydroxyl groups excluding tert-OH is 1. The van der Waals surface area contributed by atoms with Crippen LogP contribution < -0.4 is 0 Å². The van der Waals surface area contributed by atoms with E-state index in [0.717, 1.165) is 0 Å². The van der Waals surface area contributed by atoms with E-state index in [9.17, 15) is 19.8 Å². The normalized spacial score (nSPS) is 14.0. The van der Waals surface area contributed by atoms with Crippen molar-refractivity contribution < 1.29 is 29.3 Å². The van der Waals surface area contributed by atoms with Crippen LogP contribution in [0.25, 0.3) is 0 Å². The fourth-order valence-corrected chi connectivity index (χ4v) is 1.58. The third-order valence-electron chi connectivity index (χ3n) is 3.07. The molecule has 0 aliphatic rings. The summed E-state index contributed by atoms with van der Waals surface area (Å²) in [6.45, 7) is 12.3. The van der Waals surface area contributed by atoms with Crippen molar-refractivity contribution in [3.8, 4) is 0 Å². The fraction of sp³-hybridized carbons (Fsp3) is 0.600. The van der Waals surface area contributed by atoms with Gasteiger partial charge in [-0.05, 0) is 27.2 Å². The van der Waals surface area contributed by atoms with Gasteiger partial charge in [0, 0.05) is 11.1 Å². The van der Waals surface area contributed by atoms with Gasteiger partial charge in [0.2, 0.25) is 0 Å². The lowest BCUT2D eigenvalue weighted by molar-refractivity contribution is -0.378. The molecule has 1 unspecified atom stereocenters. The monoisotopic (exact) mass is 300 g/mol. The van der Waals surface area contributed by atoms with Crippen molar-refractivity contribution in [1.82, 2.24) is 0 Å². The molecule has 0 saturated carbocycles. The molecule has 120 valence electrons. The first-order chi connectivity index (χ1) is 9.53. The molecule has 0 rings (SSSR count). The molecular formula is C15H24O6. The van der Waals surface area contributed by atoms with Crippen LogP contribution in [0.2, 0.25) is 0 Å². The molecule has 0 aliphatic carbocycles. The molecule has 21 heavy (non-hydrogen) atoms. The number of aliphatic hydroxyl groups is 2. The van der Waals surface area contributed by atoms with Gasteiger partial charge in [0.1, 0.15) is 0 Å². The average Bonchev–Trinajstić information content (AvgIpc) is 2.38. The van der Waals surface area contributed by atoms with Crippen LogP contribution >= 0.6 is 0 Å². The molecular weight excluding hydrogens is 276 g/mol. The van der Waals surface area contributed by atoms with Gasteiger partial charge in [-0.1, -0.05) is 26.5 Å². The molecule has 6 nitrogen and oxygen atoms in total. The predicted molar refractivity (Wildman–Crippen MR) is 76.9 cm³/mol. The highest BCUT2D eigenvalue weighted by atomic mass is 16.8. The van der Waals surface area contributed by atoms with Gasteiger partial charge in [-0.3, -0.25) is 0 Å². The zero-order chi connectivity index (χ0) is 16.8. The Labute approximate surface area is 125 Å². The Kier molecular flexibility index (Phi) is 6.79. The molecule has 1 atom stereocenters. The van der Waals surface area contributed by atoms with Crippen LogP contribution in [0.5, 0.6) is 0 Å². The minimum Gasteiger partial charge on any atom is -0.395 e. The molecule has 0 heterocycles. The van der Waals surface area contributed by atoms with Crippen LogP contribution in [0, 0.1) is 5.41 Å². The Morgan fingerprint density at radius 1 is 1.10 bits per heavy atom. The quantitative estimate of drug-likeness (QED) is 0.402. The van der Waals surface area contributed by atoms with E-state index in [1.54, 1.807) is 0 Å². The first-order valence-electron chi connectivity index (χ1n) is 6.64. The zero-order valence-electron chi connectivity index (χ0n) is 13.1. The second-order valence-electron chi connectivity index (χ2n) is 5.39. The van der Waals surface area contributed by atoms with Crippen LogP contribution in [-0.2, 0) is 19.1 Å². The van der Waals surface area contributed by atoms with E-state index in [1.807, 2.05) is 6.92 Å². The van der Waals surface area contributed by atoms with Gasteiger partial charge in [0.15, 0.2) is 0 Å². The molecule has 0 aromatic heterocycles. The third-order valence-corrected chi connectivity index (χ3v) is 3.07. The number of ether oxygens (including phenoxy) is 2. The van der Waals surface area contributed by atoms with Crippen molar-refractivity contribution in [1.29, 1.82) is 0 Å². The fourth-order valence-electron chi connectivity index (χ4n) is 1.58. The van der Waals surface area contributed by atoms with E-state index in [0.29, 0.717) is 6.42 Å². The number of rotatable bonds is 8. The van der Waals surface area contributed by atoms with Crippen molar-refractivity contribution in [3.63, 3.8) is 0 Å². The van der Waals surface area contributed by atoms with Gasteiger partial charge in [0.25, 0.3) is 0 Å². The summed E-state index contributed by atoms with van der Waals surface area (Å²) in [7, 11) is 0. The lowest BCUT2D eigenvalue weighted by atomic mass is 9.83. The van der Waals surface area contributed by atoms with Gasteiger partial charge in [-0.25, -0.2) is 9.59 Å². The first-order valence-corrected chi connectivity index (χ1v) is 6.64. The summed E-state index contributed by atoms with van der Waals surface area (Å²) in [6, 6.07) is 0. The van der Waals surface area contributed by atoms with Crippen molar-refractivity contribution in [2.45, 2.75) is 46.5 Å². The van der Waals surface area contributed by atoms with Crippen LogP contribution in [0.4, 0.5) is 0 Å². The van der Waals surface area contributed by atoms with E-state index >= 15 is 0 Å². The van der Waals surface area contributed by atoms with Gasteiger partial charge in [0.05, 0.1) is 12.0 Å². The summed E-state index contributed by atoms with van der Waals surface area (Å²) in [6.07, 6.45) is 0.821. The summed E-state index contributed by atoms with van der Waals surface area (Å²) in [5.74, 6) is -4.46. The zero-order valence-corrected chi connectivity index (χ0v) is 13.1. The summed E-state index contributed by atoms with van der Waals surface area (Å²) >= 11 is 0. The van der Waals surface area contributed by atoms with E-state index in [4.69, 9.17) is 9.47 Å². The van der Waals surface area contributed by atoms with Crippen LogP contribution in [-0.4, -0.2) is 34.7 Å². The number of hydrogen-bond acceptors (Lipinski definition) is 6. The molecule has 6 heteroatoms. The van der Waals surface area contributed by atoms with E-state index in [2.05, 4.69) is 13.2 Å². The lowest BCUT2D eigenvalue weighted by Gasteiger charge is -2.40. The Morgan fingerprint density at radius 3 is 1.71 bits per heavy atom. The van der Waals surface area contributed by atoms with Gasteiger partial charge in [-0.15, -0.1) is 0 Å². The van der Waals surface area contributed by atoms with Crippen LogP contribution in [0.3, 0.4) is 0 Å². The Hall–Kier alpha value is -1.66. The molecule has 0 fully saturated rings. The van der Waals surface area contributed by atoms with Crippen LogP contribution in [0.1, 0.15) is 40.5 Å². The molecule has 2 N–H and O–H groups in total. The highest BCUT2D eigenvalue weighted by molar-refractivity contribution is 5.89. The number of esters is 2. The van der Waals surface area contributed by atoms with Crippen LogP contribution in [0.15, 0.2) is 24.3 Å². The Bertz CT molecular complexity index is 411. The van der Waals surface area contributed by atoms with E-state index < -0.39 is 29.9 Å². The average molecular weight is 300 g/mol. The molecule has 0 bridgehead atoms. The maximum atomic E-state index is 11.7. The van der Waals surface area contributed by atoms with Crippen molar-refractivity contribution in [2.75, 3.05) is 6.61 Å². The second-order valence-corrected chi connectivity index (χ2v) is 5.39. The SMILES string of the molecule is C=C(C)C(=O)OC(O)(OC(=O)C(=C)C)C(C)(CO)CCC. The minimum absolute atomic E-state index is 0.0246. The molecule has 0 aromatic rings. The third kappa shape index (κ3) is 4.68. The summed E-state index contributed by atoms with van der Waals surface area (Å²) in [4.78, 5) is 23.4. The largest absolute Gasteiger partial charge is 0.395 e. The summed E-state index contributed by atoms with van der Waals surface area (Å²) in [5.41, 5.74) is -1.33. The van der Waals surface area contributed by atoms with E-state index in [1.165, 1.54) is 20.8 Å². The smallest absolute Gasteiger partial charge is 0.381 e. The highest BCUT2D eigenvalue weighted by Gasteiger charge is 2.54. The number of carbonyl (C=O) groups is 2. The Morgan fingerprint density at radius 2 is 1.48 bits per heavy atom. The Balaban J connectivity index is 5.62. The topological polar surface area (TPSA) is 93.1 Å². The predicted octanol–water partition coefficient (Wildman–Crippen LogP) is 1.67. The highest BCUT2D eigenvalue weighted by Crippen LogP contribution is 2.38. The molecule has 0 amide bonds.